The number of hydrogen-bond donors (Lipinski definition) is 1. The Kier molecular flexibility index (Phi) is 3.09. The first-order valence-corrected chi connectivity index (χ1v) is 6.90. The van der Waals surface area contributed by atoms with Crippen molar-refractivity contribution >= 4 is 17.6 Å². The molecule has 4 aromatic rings. The fraction of sp³-hybridized carbons (Fsp3) is 0.182. The molecular formula is C11H10N12O2. The molecule has 4 rings (SSSR count). The predicted molar refractivity (Wildman–Crippen MR) is 79.9 cm³/mol. The van der Waals surface area contributed by atoms with Crippen LogP contribution in [0.4, 0.5) is 5.95 Å². The molecule has 0 unspecified atom stereocenters. The molecule has 0 bridgehead atoms. The highest BCUT2D eigenvalue weighted by Crippen LogP contribution is 2.07. The van der Waals surface area contributed by atoms with E-state index in [1.165, 1.54) is 27.3 Å². The second kappa shape index (κ2) is 5.29. The molecule has 0 spiro atoms. The number of carbonyl (C=O) groups excluding carboxylic acids is 1. The molecule has 1 amide bonds. The van der Waals surface area contributed by atoms with Gasteiger partial charge in [-0.3, -0.25) is 19.6 Å². The largest absolute Gasteiger partial charge is 0.306 e. The van der Waals surface area contributed by atoms with Crippen molar-refractivity contribution in [3.05, 3.63) is 34.8 Å². The summed E-state index contributed by atoms with van der Waals surface area (Å²) in [7, 11) is 3.28. The minimum atomic E-state index is -0.807. The van der Waals surface area contributed by atoms with Crippen LogP contribution in [0.3, 0.4) is 0 Å². The number of nitrogens with zero attached hydrogens (tertiary/aromatic N) is 11. The van der Waals surface area contributed by atoms with Gasteiger partial charge in [0, 0.05) is 14.1 Å². The Morgan fingerprint density at radius 3 is 2.76 bits per heavy atom. The molecule has 0 fully saturated rings. The lowest BCUT2D eigenvalue weighted by molar-refractivity contribution is 0.101. The van der Waals surface area contributed by atoms with Gasteiger partial charge >= 0.3 is 5.56 Å². The predicted octanol–water partition coefficient (Wildman–Crippen LogP) is -2.22. The van der Waals surface area contributed by atoms with Crippen LogP contribution in [-0.2, 0) is 14.1 Å². The quantitative estimate of drug-likeness (QED) is 0.436. The van der Waals surface area contributed by atoms with Gasteiger partial charge in [-0.05, 0) is 10.4 Å². The minimum Gasteiger partial charge on any atom is -0.288 e. The molecule has 126 valence electrons. The summed E-state index contributed by atoms with van der Waals surface area (Å²) in [5, 5.41) is 25.1. The van der Waals surface area contributed by atoms with Gasteiger partial charge in [0.1, 0.15) is 12.0 Å². The van der Waals surface area contributed by atoms with E-state index in [0.29, 0.717) is 5.69 Å². The molecule has 0 atom stereocenters. The van der Waals surface area contributed by atoms with Crippen molar-refractivity contribution in [1.29, 1.82) is 0 Å². The Labute approximate surface area is 137 Å². The van der Waals surface area contributed by atoms with Gasteiger partial charge in [0.25, 0.3) is 11.7 Å². The number of aryl methyl sites for hydroxylation is 2. The van der Waals surface area contributed by atoms with Crippen molar-refractivity contribution in [2.45, 2.75) is 0 Å². The number of fused-ring (bicyclic) bond motifs is 1. The Hall–Kier alpha value is -3.97. The molecule has 0 aromatic carbocycles. The first-order chi connectivity index (χ1) is 12.0. The smallest absolute Gasteiger partial charge is 0.288 e. The summed E-state index contributed by atoms with van der Waals surface area (Å²) < 4.78 is 5.42. The van der Waals surface area contributed by atoms with Crippen LogP contribution in [0.5, 0.6) is 0 Å². The highest BCUT2D eigenvalue weighted by Gasteiger charge is 2.19. The second-order valence-corrected chi connectivity index (χ2v) is 5.01. The van der Waals surface area contributed by atoms with E-state index < -0.39 is 17.2 Å². The van der Waals surface area contributed by atoms with Gasteiger partial charge in [0.2, 0.25) is 11.6 Å². The van der Waals surface area contributed by atoms with Crippen LogP contribution in [0.2, 0.25) is 0 Å². The van der Waals surface area contributed by atoms with Crippen molar-refractivity contribution in [2.24, 2.45) is 14.1 Å². The van der Waals surface area contributed by atoms with Gasteiger partial charge in [-0.2, -0.15) is 29.5 Å². The summed E-state index contributed by atoms with van der Waals surface area (Å²) in [6, 6.07) is 0. The SMILES string of the molecule is Cn1cc(-n2ncn3nc(C(=O)Nc4nnnn4C)c(=O)nc23)cn1. The van der Waals surface area contributed by atoms with E-state index in [-0.39, 0.29) is 11.7 Å². The van der Waals surface area contributed by atoms with Gasteiger partial charge in [-0.15, -0.1) is 0 Å². The Morgan fingerprint density at radius 1 is 1.24 bits per heavy atom. The summed E-state index contributed by atoms with van der Waals surface area (Å²) in [5.74, 6) is -0.559. The zero-order chi connectivity index (χ0) is 17.6. The van der Waals surface area contributed by atoms with Gasteiger partial charge in [0.15, 0.2) is 0 Å². The fourth-order valence-corrected chi connectivity index (χ4v) is 2.10. The van der Waals surface area contributed by atoms with Gasteiger partial charge in [0.05, 0.1) is 12.4 Å². The van der Waals surface area contributed by atoms with E-state index in [1.807, 2.05) is 0 Å². The van der Waals surface area contributed by atoms with Crippen molar-refractivity contribution in [2.75, 3.05) is 5.32 Å². The van der Waals surface area contributed by atoms with Crippen LogP contribution < -0.4 is 10.9 Å². The zero-order valence-electron chi connectivity index (χ0n) is 13.0. The fourth-order valence-electron chi connectivity index (χ4n) is 2.10. The Bertz CT molecular complexity index is 1150. The molecule has 4 aromatic heterocycles. The molecule has 0 aliphatic heterocycles. The lowest BCUT2D eigenvalue weighted by Crippen LogP contribution is -2.28. The van der Waals surface area contributed by atoms with Crippen molar-refractivity contribution in [3.63, 3.8) is 0 Å². The maximum atomic E-state index is 12.2. The van der Waals surface area contributed by atoms with Gasteiger partial charge < -0.3 is 0 Å². The number of tetrazole rings is 1. The lowest BCUT2D eigenvalue weighted by Gasteiger charge is -2.02. The molecule has 0 radical (unpaired) electrons. The number of rotatable bonds is 3. The molecule has 14 heteroatoms. The van der Waals surface area contributed by atoms with E-state index in [2.05, 4.69) is 41.1 Å². The number of amides is 1. The highest BCUT2D eigenvalue weighted by atomic mass is 16.2. The Morgan fingerprint density at radius 2 is 2.08 bits per heavy atom. The zero-order valence-corrected chi connectivity index (χ0v) is 13.0. The van der Waals surface area contributed by atoms with E-state index in [0.717, 1.165) is 0 Å². The summed E-state index contributed by atoms with van der Waals surface area (Å²) in [6.45, 7) is 0. The third-order valence-electron chi connectivity index (χ3n) is 3.28. The topological polar surface area (TPSA) is 156 Å². The van der Waals surface area contributed by atoms with E-state index in [9.17, 15) is 9.59 Å². The maximum Gasteiger partial charge on any atom is 0.306 e. The number of hydrogen-bond acceptors (Lipinski definition) is 9. The van der Waals surface area contributed by atoms with E-state index in [4.69, 9.17) is 0 Å². The van der Waals surface area contributed by atoms with Crippen LogP contribution in [0.25, 0.3) is 11.5 Å². The van der Waals surface area contributed by atoms with E-state index >= 15 is 0 Å². The lowest BCUT2D eigenvalue weighted by atomic mass is 10.4. The molecule has 25 heavy (non-hydrogen) atoms. The van der Waals surface area contributed by atoms with Crippen LogP contribution in [0, 0.1) is 0 Å². The van der Waals surface area contributed by atoms with Crippen LogP contribution in [-0.4, -0.2) is 60.3 Å². The molecule has 0 aliphatic rings. The third-order valence-corrected chi connectivity index (χ3v) is 3.28. The summed E-state index contributed by atoms with van der Waals surface area (Å²) in [5.41, 5.74) is -0.620. The first kappa shape index (κ1) is 14.6. The highest BCUT2D eigenvalue weighted by molar-refractivity contribution is 6.01. The summed E-state index contributed by atoms with van der Waals surface area (Å²) >= 11 is 0. The minimum absolute atomic E-state index is 0.0716. The summed E-state index contributed by atoms with van der Waals surface area (Å²) in [4.78, 5) is 28.3. The summed E-state index contributed by atoms with van der Waals surface area (Å²) in [6.07, 6.45) is 4.58. The Balaban J connectivity index is 1.75. The third kappa shape index (κ3) is 2.41. The monoisotopic (exact) mass is 342 g/mol. The van der Waals surface area contributed by atoms with Crippen molar-refractivity contribution in [3.8, 4) is 5.69 Å². The average molecular weight is 342 g/mol. The molecule has 0 saturated heterocycles. The van der Waals surface area contributed by atoms with Crippen LogP contribution in [0.1, 0.15) is 10.5 Å². The molecule has 1 N–H and O–H groups in total. The van der Waals surface area contributed by atoms with E-state index in [1.54, 1.807) is 24.1 Å². The van der Waals surface area contributed by atoms with Crippen molar-refractivity contribution < 1.29 is 4.79 Å². The van der Waals surface area contributed by atoms with Crippen LogP contribution >= 0.6 is 0 Å². The van der Waals surface area contributed by atoms with Gasteiger partial charge in [-0.25, -0.2) is 4.68 Å². The second-order valence-electron chi connectivity index (χ2n) is 5.01. The molecular weight excluding hydrogens is 332 g/mol. The number of nitrogens with one attached hydrogen (secondary N) is 1. The van der Waals surface area contributed by atoms with Crippen LogP contribution in [0.15, 0.2) is 23.5 Å². The molecule has 4 heterocycles. The molecule has 14 nitrogen and oxygen atoms in total. The molecule has 0 aliphatic carbocycles. The molecule has 0 saturated carbocycles. The normalized spacial score (nSPS) is 11.1. The first-order valence-electron chi connectivity index (χ1n) is 6.90. The number of aromatic nitrogens is 11. The van der Waals surface area contributed by atoms with Crippen molar-refractivity contribution in [1.82, 2.24) is 54.4 Å². The van der Waals surface area contributed by atoms with Gasteiger partial charge in [-0.1, -0.05) is 5.10 Å². The average Bonchev–Trinajstić information content (AvgIpc) is 3.27. The number of anilines is 1. The maximum absolute atomic E-state index is 12.2. The standard InChI is InChI=1S/C11H10N12O2/c1-20-4-6(3-12-20)23-11-15-9(25)7(17-22(11)5-13-23)8(24)14-10-16-18-19-21(10)2/h3-5H,1-2H3,(H,14,16,19,24). The number of carbonyl (C=O) groups is 1.